The zero-order chi connectivity index (χ0) is 11.5. The number of alkyl halides is 1. The number of benzene rings is 1. The Kier molecular flexibility index (Phi) is 4.29. The van der Waals surface area contributed by atoms with Gasteiger partial charge >= 0.3 is 0 Å². The van der Waals surface area contributed by atoms with Gasteiger partial charge in [0, 0.05) is 13.6 Å². The van der Waals surface area contributed by atoms with Gasteiger partial charge in [0.25, 0.3) is 0 Å². The van der Waals surface area contributed by atoms with Crippen LogP contribution < -0.4 is 0 Å². The first kappa shape index (κ1) is 12.7. The molecule has 15 heavy (non-hydrogen) atoms. The lowest BCUT2D eigenvalue weighted by Crippen LogP contribution is -2.23. The van der Waals surface area contributed by atoms with Crippen LogP contribution in [0.2, 0.25) is 19.6 Å². The minimum absolute atomic E-state index is 0.148. The van der Waals surface area contributed by atoms with Crippen molar-refractivity contribution in [1.29, 1.82) is 0 Å². The fraction of sp³-hybridized carbons (Fsp3) is 0.417. The lowest BCUT2D eigenvalue weighted by atomic mass is 10.1. The molecule has 82 valence electrons. The van der Waals surface area contributed by atoms with Crippen LogP contribution in [0.5, 0.6) is 0 Å². The second-order valence-electron chi connectivity index (χ2n) is 4.99. The van der Waals surface area contributed by atoms with Crippen molar-refractivity contribution in [3.8, 4) is 0 Å². The van der Waals surface area contributed by atoms with Gasteiger partial charge in [0.05, 0.1) is 5.33 Å². The Bertz CT molecular complexity index is 338. The summed E-state index contributed by atoms with van der Waals surface area (Å²) in [7, 11) is -1.05. The third kappa shape index (κ3) is 4.30. The zero-order valence-electron chi connectivity index (χ0n) is 9.51. The van der Waals surface area contributed by atoms with Gasteiger partial charge in [-0.05, 0) is 6.04 Å². The number of Topliss-reactive ketones (excluding diaryl/α,β-unsaturated/α-hetero) is 1. The molecule has 0 fully saturated rings. The smallest absolute Gasteiger partial charge is 0.173 e. The second kappa shape index (κ2) is 5.08. The maximum atomic E-state index is 11.4. The van der Waals surface area contributed by atoms with E-state index in [4.69, 9.17) is 0 Å². The molecule has 0 aliphatic heterocycles. The molecule has 0 unspecified atom stereocenters. The molecule has 1 aromatic rings. The average Bonchev–Trinajstić information content (AvgIpc) is 2.15. The fourth-order valence-corrected chi connectivity index (χ4v) is 3.28. The van der Waals surface area contributed by atoms with Crippen molar-refractivity contribution in [2.45, 2.75) is 25.7 Å². The van der Waals surface area contributed by atoms with Crippen LogP contribution in [0.1, 0.15) is 15.9 Å². The molecule has 1 rings (SSSR count). The van der Waals surface area contributed by atoms with Crippen LogP contribution in [0.4, 0.5) is 0 Å². The monoisotopic (exact) mass is 284 g/mol. The molecule has 0 amide bonds. The number of hydrogen-bond acceptors (Lipinski definition) is 1. The van der Waals surface area contributed by atoms with E-state index in [1.54, 1.807) is 0 Å². The number of ketones is 1. The highest BCUT2D eigenvalue weighted by Gasteiger charge is 2.13. The Labute approximate surface area is 101 Å². The molecule has 0 aliphatic rings. The predicted molar refractivity (Wildman–Crippen MR) is 71.6 cm³/mol. The zero-order valence-corrected chi connectivity index (χ0v) is 12.1. The second-order valence-corrected chi connectivity index (χ2v) is 11.0. The topological polar surface area (TPSA) is 17.1 Å². The summed E-state index contributed by atoms with van der Waals surface area (Å²) in [6.07, 6.45) is 0. The molecule has 0 saturated carbocycles. The lowest BCUT2D eigenvalue weighted by Gasteiger charge is -2.15. The molecule has 0 radical (unpaired) electrons. The van der Waals surface area contributed by atoms with E-state index >= 15 is 0 Å². The van der Waals surface area contributed by atoms with Crippen LogP contribution in [-0.4, -0.2) is 19.2 Å². The highest BCUT2D eigenvalue weighted by molar-refractivity contribution is 9.09. The number of hydrogen-bond donors (Lipinski definition) is 0. The Morgan fingerprint density at radius 2 is 1.73 bits per heavy atom. The van der Waals surface area contributed by atoms with Crippen molar-refractivity contribution in [3.63, 3.8) is 0 Å². The summed E-state index contributed by atoms with van der Waals surface area (Å²) < 4.78 is 0. The Morgan fingerprint density at radius 1 is 1.20 bits per heavy atom. The van der Waals surface area contributed by atoms with Gasteiger partial charge < -0.3 is 0 Å². The first-order valence-electron chi connectivity index (χ1n) is 5.10. The Morgan fingerprint density at radius 3 is 2.13 bits per heavy atom. The lowest BCUT2D eigenvalue weighted by molar-refractivity contribution is 0.102. The summed E-state index contributed by atoms with van der Waals surface area (Å²) in [4.78, 5) is 11.4. The summed E-state index contributed by atoms with van der Waals surface area (Å²) in [6.45, 7) is 7.06. The number of carbonyl (C=O) groups is 1. The van der Waals surface area contributed by atoms with E-state index in [-0.39, 0.29) is 5.78 Å². The van der Waals surface area contributed by atoms with Gasteiger partial charge in [0.15, 0.2) is 5.78 Å². The van der Waals surface area contributed by atoms with E-state index in [0.29, 0.717) is 5.33 Å². The highest BCUT2D eigenvalue weighted by Crippen LogP contribution is 2.13. The van der Waals surface area contributed by atoms with E-state index in [1.807, 2.05) is 12.1 Å². The molecule has 3 heteroatoms. The molecular weight excluding hydrogens is 268 g/mol. The molecule has 0 N–H and O–H groups in total. The summed E-state index contributed by atoms with van der Waals surface area (Å²) >= 11 is 3.18. The Balaban J connectivity index is 2.77. The summed E-state index contributed by atoms with van der Waals surface area (Å²) in [6, 6.07) is 9.19. The molecule has 0 atom stereocenters. The van der Waals surface area contributed by atoms with Crippen LogP contribution in [0.3, 0.4) is 0 Å². The quantitative estimate of drug-likeness (QED) is 0.468. The third-order valence-corrected chi connectivity index (χ3v) is 4.11. The maximum absolute atomic E-state index is 11.4. The standard InChI is InChI=1S/C12H17BrOSi/c1-15(2,3)9-10-4-6-11(7-5-10)12(14)8-13/h4-7H,8-9H2,1-3H3. The molecule has 0 aliphatic carbocycles. The Hall–Kier alpha value is -0.413. The van der Waals surface area contributed by atoms with Crippen molar-refractivity contribution < 1.29 is 4.79 Å². The summed E-state index contributed by atoms with van der Waals surface area (Å²) in [5.74, 6) is 0.148. The molecule has 1 aromatic carbocycles. The first-order chi connectivity index (χ1) is 6.92. The minimum Gasteiger partial charge on any atom is -0.293 e. The van der Waals surface area contributed by atoms with Crippen LogP contribution in [0.15, 0.2) is 24.3 Å². The van der Waals surface area contributed by atoms with Gasteiger partial charge in [-0.1, -0.05) is 65.4 Å². The number of halogens is 1. The van der Waals surface area contributed by atoms with Crippen LogP contribution >= 0.6 is 15.9 Å². The van der Waals surface area contributed by atoms with E-state index in [1.165, 1.54) is 11.6 Å². The molecule has 1 nitrogen and oxygen atoms in total. The normalized spacial score (nSPS) is 11.5. The summed E-state index contributed by atoms with van der Waals surface area (Å²) in [5.41, 5.74) is 2.14. The molecule has 0 bridgehead atoms. The van der Waals surface area contributed by atoms with E-state index in [0.717, 1.165) is 5.56 Å². The highest BCUT2D eigenvalue weighted by atomic mass is 79.9. The average molecular weight is 285 g/mol. The van der Waals surface area contributed by atoms with E-state index < -0.39 is 8.07 Å². The van der Waals surface area contributed by atoms with Gasteiger partial charge in [0.1, 0.15) is 0 Å². The van der Waals surface area contributed by atoms with E-state index in [2.05, 4.69) is 47.7 Å². The van der Waals surface area contributed by atoms with Gasteiger partial charge in [-0.3, -0.25) is 4.79 Å². The van der Waals surface area contributed by atoms with Gasteiger partial charge in [-0.15, -0.1) is 0 Å². The molecule has 0 aromatic heterocycles. The molecule has 0 heterocycles. The van der Waals surface area contributed by atoms with E-state index in [9.17, 15) is 4.79 Å². The van der Waals surface area contributed by atoms with Crippen molar-refractivity contribution >= 4 is 29.8 Å². The largest absolute Gasteiger partial charge is 0.293 e. The minimum atomic E-state index is -1.05. The molecular formula is C12H17BrOSi. The van der Waals surface area contributed by atoms with Crippen molar-refractivity contribution in [2.75, 3.05) is 5.33 Å². The molecule has 0 saturated heterocycles. The van der Waals surface area contributed by atoms with Gasteiger partial charge in [-0.2, -0.15) is 0 Å². The van der Waals surface area contributed by atoms with Crippen LogP contribution in [0.25, 0.3) is 0 Å². The SMILES string of the molecule is C[Si](C)(C)Cc1ccc(C(=O)CBr)cc1. The number of carbonyl (C=O) groups excluding carboxylic acids is 1. The first-order valence-corrected chi connectivity index (χ1v) is 9.93. The van der Waals surface area contributed by atoms with Crippen molar-refractivity contribution in [3.05, 3.63) is 35.4 Å². The molecule has 0 spiro atoms. The van der Waals surface area contributed by atoms with Gasteiger partial charge in [-0.25, -0.2) is 0 Å². The van der Waals surface area contributed by atoms with Crippen molar-refractivity contribution in [1.82, 2.24) is 0 Å². The fourth-order valence-electron chi connectivity index (χ4n) is 1.50. The summed E-state index contributed by atoms with van der Waals surface area (Å²) in [5, 5.41) is 0.403. The predicted octanol–water partition coefficient (Wildman–Crippen LogP) is 3.68. The maximum Gasteiger partial charge on any atom is 0.173 e. The van der Waals surface area contributed by atoms with Crippen LogP contribution in [0, 0.1) is 0 Å². The third-order valence-electron chi connectivity index (χ3n) is 2.13. The van der Waals surface area contributed by atoms with Crippen molar-refractivity contribution in [2.24, 2.45) is 0 Å². The van der Waals surface area contributed by atoms with Crippen LogP contribution in [-0.2, 0) is 6.04 Å². The number of rotatable bonds is 4. The van der Waals surface area contributed by atoms with Gasteiger partial charge in [0.2, 0.25) is 0 Å².